The zero-order valence-corrected chi connectivity index (χ0v) is 12.7. The van der Waals surface area contributed by atoms with Gasteiger partial charge in [0.25, 0.3) is 11.8 Å². The molecule has 4 rings (SSSR count). The summed E-state index contributed by atoms with van der Waals surface area (Å²) in [6.45, 7) is 0. The predicted octanol–water partition coefficient (Wildman–Crippen LogP) is 1.68. The summed E-state index contributed by atoms with van der Waals surface area (Å²) < 4.78 is 5.20. The second-order valence-corrected chi connectivity index (χ2v) is 5.61. The number of hydrogen-bond donors (Lipinski definition) is 2. The van der Waals surface area contributed by atoms with E-state index in [0.29, 0.717) is 22.6 Å². The van der Waals surface area contributed by atoms with Crippen molar-refractivity contribution in [1.29, 1.82) is 0 Å². The average Bonchev–Trinajstić information content (AvgIpc) is 2.84. The van der Waals surface area contributed by atoms with E-state index in [1.165, 1.54) is 0 Å². The summed E-state index contributed by atoms with van der Waals surface area (Å²) >= 11 is 0. The number of para-hydroxylation sites is 1. The highest BCUT2D eigenvalue weighted by atomic mass is 16.5. The third kappa shape index (κ3) is 1.63. The lowest BCUT2D eigenvalue weighted by Crippen LogP contribution is -2.64. The van der Waals surface area contributed by atoms with Crippen LogP contribution in [0.1, 0.15) is 15.9 Å². The number of likely N-dealkylation sites (N-methyl/N-ethyl adjacent to an activating group) is 1. The van der Waals surface area contributed by atoms with Crippen LogP contribution >= 0.6 is 0 Å². The number of amides is 2. The number of nitrogens with one attached hydrogen (secondary N) is 2. The molecule has 1 spiro atoms. The van der Waals surface area contributed by atoms with Gasteiger partial charge in [0, 0.05) is 18.7 Å². The number of anilines is 2. The fraction of sp³-hybridized carbons (Fsp3) is 0.176. The van der Waals surface area contributed by atoms with Crippen LogP contribution in [0.5, 0.6) is 5.75 Å². The van der Waals surface area contributed by atoms with Crippen molar-refractivity contribution in [2.45, 2.75) is 5.66 Å². The highest BCUT2D eigenvalue weighted by Gasteiger charge is 2.54. The molecule has 0 aromatic heterocycles. The van der Waals surface area contributed by atoms with Gasteiger partial charge in [0.05, 0.1) is 24.0 Å². The number of nitrogens with zero attached hydrogens (tertiary/aromatic N) is 1. The molecule has 6 nitrogen and oxygen atoms in total. The molecule has 2 heterocycles. The average molecular weight is 309 g/mol. The maximum atomic E-state index is 12.8. The number of carbonyl (C=O) groups excluding carboxylic acids is 2. The molecule has 0 saturated carbocycles. The summed E-state index contributed by atoms with van der Waals surface area (Å²) in [5.41, 5.74) is 1.37. The van der Waals surface area contributed by atoms with Crippen molar-refractivity contribution in [3.63, 3.8) is 0 Å². The lowest BCUT2D eigenvalue weighted by atomic mass is 9.93. The van der Waals surface area contributed by atoms with Crippen LogP contribution in [0.3, 0.4) is 0 Å². The second-order valence-electron chi connectivity index (χ2n) is 5.61. The molecule has 6 heteroatoms. The maximum Gasteiger partial charge on any atom is 0.276 e. The highest BCUT2D eigenvalue weighted by Crippen LogP contribution is 2.44. The molecule has 0 saturated heterocycles. The summed E-state index contributed by atoms with van der Waals surface area (Å²) in [5.74, 6) is 0.0925. The highest BCUT2D eigenvalue weighted by molar-refractivity contribution is 6.14. The number of ether oxygens (including phenoxy) is 1. The van der Waals surface area contributed by atoms with Gasteiger partial charge in [-0.1, -0.05) is 12.1 Å². The van der Waals surface area contributed by atoms with Gasteiger partial charge in [0.2, 0.25) is 5.66 Å². The monoisotopic (exact) mass is 309 g/mol. The first-order chi connectivity index (χ1) is 11.1. The topological polar surface area (TPSA) is 70.7 Å². The van der Waals surface area contributed by atoms with Gasteiger partial charge >= 0.3 is 0 Å². The summed E-state index contributed by atoms with van der Waals surface area (Å²) in [6, 6.07) is 12.6. The van der Waals surface area contributed by atoms with Gasteiger partial charge < -0.3 is 20.3 Å². The number of rotatable bonds is 1. The first kappa shape index (κ1) is 13.6. The normalized spacial score (nSPS) is 21.6. The first-order valence-corrected chi connectivity index (χ1v) is 7.23. The standard InChI is InChI=1S/C17H15N3O3/c1-20-14-6-4-3-5-11(14)15(21)19-17(20)12-8-7-10(23-2)9-13(12)18-16(17)22/h3-9H,1-2H3,(H,18,22)(H,19,21)/t17-/m1/s1. The minimum Gasteiger partial charge on any atom is -0.497 e. The number of methoxy groups -OCH3 is 1. The first-order valence-electron chi connectivity index (χ1n) is 7.23. The summed E-state index contributed by atoms with van der Waals surface area (Å²) in [6.07, 6.45) is 0. The molecule has 0 radical (unpaired) electrons. The molecule has 2 aromatic carbocycles. The van der Waals surface area contributed by atoms with Crippen LogP contribution in [-0.2, 0) is 10.5 Å². The zero-order chi connectivity index (χ0) is 16.2. The number of hydrogen-bond acceptors (Lipinski definition) is 4. The van der Waals surface area contributed by atoms with E-state index in [1.54, 1.807) is 49.4 Å². The fourth-order valence-corrected chi connectivity index (χ4v) is 3.32. The molecule has 1 atom stereocenters. The van der Waals surface area contributed by atoms with Crippen molar-refractivity contribution < 1.29 is 14.3 Å². The van der Waals surface area contributed by atoms with Crippen molar-refractivity contribution in [1.82, 2.24) is 5.32 Å². The Morgan fingerprint density at radius 3 is 2.70 bits per heavy atom. The molecule has 0 unspecified atom stereocenters. The molecule has 0 bridgehead atoms. The third-order valence-electron chi connectivity index (χ3n) is 4.50. The molecule has 0 aliphatic carbocycles. The molecular weight excluding hydrogens is 294 g/mol. The van der Waals surface area contributed by atoms with Crippen LogP contribution in [0, 0.1) is 0 Å². The quantitative estimate of drug-likeness (QED) is 0.841. The van der Waals surface area contributed by atoms with Crippen LogP contribution in [0.2, 0.25) is 0 Å². The Kier molecular flexibility index (Phi) is 2.66. The lowest BCUT2D eigenvalue weighted by molar-refractivity contribution is -0.121. The molecule has 23 heavy (non-hydrogen) atoms. The van der Waals surface area contributed by atoms with Crippen LogP contribution < -0.4 is 20.3 Å². The summed E-state index contributed by atoms with van der Waals surface area (Å²) in [7, 11) is 3.37. The van der Waals surface area contributed by atoms with Gasteiger partial charge in [0.15, 0.2) is 0 Å². The smallest absolute Gasteiger partial charge is 0.276 e. The van der Waals surface area contributed by atoms with Gasteiger partial charge in [0.1, 0.15) is 5.75 Å². The van der Waals surface area contributed by atoms with E-state index in [0.717, 1.165) is 5.69 Å². The van der Waals surface area contributed by atoms with E-state index in [4.69, 9.17) is 4.74 Å². The zero-order valence-electron chi connectivity index (χ0n) is 12.7. The Hall–Kier alpha value is -3.02. The largest absolute Gasteiger partial charge is 0.497 e. The maximum absolute atomic E-state index is 12.8. The predicted molar refractivity (Wildman–Crippen MR) is 85.6 cm³/mol. The van der Waals surface area contributed by atoms with Crippen molar-refractivity contribution >= 4 is 23.2 Å². The van der Waals surface area contributed by atoms with Gasteiger partial charge in [-0.05, 0) is 24.3 Å². The molecular formula is C17H15N3O3. The fourth-order valence-electron chi connectivity index (χ4n) is 3.32. The molecule has 116 valence electrons. The van der Waals surface area contributed by atoms with Crippen molar-refractivity contribution in [3.8, 4) is 5.75 Å². The molecule has 0 fully saturated rings. The van der Waals surface area contributed by atoms with Crippen LogP contribution in [0.25, 0.3) is 0 Å². The number of benzene rings is 2. The van der Waals surface area contributed by atoms with Crippen LogP contribution in [-0.4, -0.2) is 26.0 Å². The number of fused-ring (bicyclic) bond motifs is 3. The van der Waals surface area contributed by atoms with Crippen molar-refractivity contribution in [2.75, 3.05) is 24.4 Å². The van der Waals surface area contributed by atoms with Gasteiger partial charge in [-0.15, -0.1) is 0 Å². The molecule has 2 aliphatic heterocycles. The van der Waals surface area contributed by atoms with E-state index in [9.17, 15) is 9.59 Å². The van der Waals surface area contributed by atoms with Crippen LogP contribution in [0.4, 0.5) is 11.4 Å². The van der Waals surface area contributed by atoms with E-state index >= 15 is 0 Å². The molecule has 2 amide bonds. The Balaban J connectivity index is 1.93. The van der Waals surface area contributed by atoms with Gasteiger partial charge in [-0.3, -0.25) is 9.59 Å². The lowest BCUT2D eigenvalue weighted by Gasteiger charge is -2.43. The van der Waals surface area contributed by atoms with Crippen molar-refractivity contribution in [2.24, 2.45) is 0 Å². The SMILES string of the molecule is COc1ccc2c(c1)NC(=O)[C@@]21NC(=O)c2ccccc2N1C. The minimum atomic E-state index is -1.24. The molecule has 2 N–H and O–H groups in total. The number of carbonyl (C=O) groups is 2. The van der Waals surface area contributed by atoms with E-state index in [-0.39, 0.29) is 11.8 Å². The van der Waals surface area contributed by atoms with Gasteiger partial charge in [-0.25, -0.2) is 0 Å². The van der Waals surface area contributed by atoms with E-state index in [2.05, 4.69) is 10.6 Å². The Labute approximate surface area is 133 Å². The Morgan fingerprint density at radius 2 is 1.91 bits per heavy atom. The molecule has 2 aliphatic rings. The summed E-state index contributed by atoms with van der Waals surface area (Å²) in [5, 5.41) is 5.71. The van der Waals surface area contributed by atoms with Crippen molar-refractivity contribution in [3.05, 3.63) is 53.6 Å². The second kappa shape index (κ2) is 4.49. The van der Waals surface area contributed by atoms with Crippen LogP contribution in [0.15, 0.2) is 42.5 Å². The van der Waals surface area contributed by atoms with E-state index < -0.39 is 5.66 Å². The third-order valence-corrected chi connectivity index (χ3v) is 4.50. The summed E-state index contributed by atoms with van der Waals surface area (Å²) in [4.78, 5) is 27.1. The van der Waals surface area contributed by atoms with Gasteiger partial charge in [-0.2, -0.15) is 0 Å². The Bertz CT molecular complexity index is 849. The Morgan fingerprint density at radius 1 is 1.13 bits per heavy atom. The minimum absolute atomic E-state index is 0.266. The van der Waals surface area contributed by atoms with E-state index in [1.807, 2.05) is 12.1 Å². The molecule has 2 aromatic rings.